The molecule has 0 aromatic heterocycles. The van der Waals surface area contributed by atoms with E-state index in [9.17, 15) is 4.39 Å². The molecule has 0 aliphatic rings. The minimum absolute atomic E-state index is 0.251. The van der Waals surface area contributed by atoms with E-state index >= 15 is 0 Å². The fourth-order valence-electron chi connectivity index (χ4n) is 5.17. The van der Waals surface area contributed by atoms with Crippen molar-refractivity contribution in [1.82, 2.24) is 0 Å². The van der Waals surface area contributed by atoms with Gasteiger partial charge in [-0.25, -0.2) is 4.39 Å². The third-order valence-electron chi connectivity index (χ3n) is 7.42. The molecule has 2 heteroatoms. The lowest BCUT2D eigenvalue weighted by Crippen LogP contribution is -2.10. The van der Waals surface area contributed by atoms with Gasteiger partial charge in [0.05, 0.1) is 0 Å². The third-order valence-corrected chi connectivity index (χ3v) is 7.42. The van der Waals surface area contributed by atoms with Gasteiger partial charge >= 0.3 is 0 Å². The normalized spacial score (nSPS) is 11.3. The first-order chi connectivity index (χ1) is 21.7. The SMILES string of the molecule is Fc1ccc(/C(=C/N(c2ccccc2)c2ccc(/C=C/C=C(c3ccccc3)c3ccccc3)cc2)c2ccccc2)cc1. The maximum atomic E-state index is 13.8. The lowest BCUT2D eigenvalue weighted by molar-refractivity contribution is 0.627. The Bertz CT molecular complexity index is 1810. The molecule has 0 aliphatic heterocycles. The highest BCUT2D eigenvalue weighted by atomic mass is 19.1. The van der Waals surface area contributed by atoms with Crippen LogP contribution in [0, 0.1) is 5.82 Å². The van der Waals surface area contributed by atoms with Gasteiger partial charge in [-0.3, -0.25) is 0 Å². The van der Waals surface area contributed by atoms with Crippen molar-refractivity contribution in [2.75, 3.05) is 4.90 Å². The summed E-state index contributed by atoms with van der Waals surface area (Å²) in [6, 6.07) is 56.6. The van der Waals surface area contributed by atoms with E-state index in [1.807, 2.05) is 60.7 Å². The van der Waals surface area contributed by atoms with E-state index in [2.05, 4.69) is 126 Å². The van der Waals surface area contributed by atoms with Crippen molar-refractivity contribution < 1.29 is 4.39 Å². The molecule has 0 aliphatic carbocycles. The average molecular weight is 570 g/mol. The molecule has 0 heterocycles. The topological polar surface area (TPSA) is 3.24 Å². The van der Waals surface area contributed by atoms with Gasteiger partial charge in [-0.1, -0.05) is 152 Å². The minimum atomic E-state index is -0.251. The van der Waals surface area contributed by atoms with Gasteiger partial charge < -0.3 is 4.90 Å². The van der Waals surface area contributed by atoms with Gasteiger partial charge in [-0.15, -0.1) is 0 Å². The van der Waals surface area contributed by atoms with Gasteiger partial charge in [0.1, 0.15) is 5.82 Å². The van der Waals surface area contributed by atoms with Gasteiger partial charge in [0, 0.05) is 23.1 Å². The summed E-state index contributed by atoms with van der Waals surface area (Å²) in [4.78, 5) is 2.18. The quantitative estimate of drug-likeness (QED) is 0.157. The second-order valence-electron chi connectivity index (χ2n) is 10.4. The van der Waals surface area contributed by atoms with Crippen molar-refractivity contribution in [3.05, 3.63) is 222 Å². The number of hydrogen-bond donors (Lipinski definition) is 0. The van der Waals surface area contributed by atoms with Crippen LogP contribution < -0.4 is 4.90 Å². The van der Waals surface area contributed by atoms with Gasteiger partial charge in [-0.05, 0) is 69.8 Å². The maximum absolute atomic E-state index is 13.8. The lowest BCUT2D eigenvalue weighted by Gasteiger charge is -2.23. The first-order valence-electron chi connectivity index (χ1n) is 14.7. The monoisotopic (exact) mass is 569 g/mol. The Hall–Kier alpha value is -5.73. The summed E-state index contributed by atoms with van der Waals surface area (Å²) in [7, 11) is 0. The molecule has 0 amide bonds. The minimum Gasteiger partial charge on any atom is -0.317 e. The zero-order valence-corrected chi connectivity index (χ0v) is 24.3. The molecule has 0 saturated heterocycles. The molecular formula is C42H32FN. The molecular weight excluding hydrogens is 537 g/mol. The van der Waals surface area contributed by atoms with Crippen molar-refractivity contribution in [3.63, 3.8) is 0 Å². The van der Waals surface area contributed by atoms with Crippen molar-refractivity contribution in [1.29, 1.82) is 0 Å². The molecule has 0 saturated carbocycles. The molecule has 1 nitrogen and oxygen atoms in total. The van der Waals surface area contributed by atoms with Gasteiger partial charge in [-0.2, -0.15) is 0 Å². The summed E-state index contributed by atoms with van der Waals surface area (Å²) in [5, 5.41) is 0. The van der Waals surface area contributed by atoms with E-state index in [4.69, 9.17) is 0 Å². The summed E-state index contributed by atoms with van der Waals surface area (Å²) >= 11 is 0. The number of halogens is 1. The highest BCUT2D eigenvalue weighted by Gasteiger charge is 2.12. The Morgan fingerprint density at radius 2 is 0.864 bits per heavy atom. The lowest BCUT2D eigenvalue weighted by atomic mass is 9.97. The van der Waals surface area contributed by atoms with Gasteiger partial charge in [0.25, 0.3) is 0 Å². The summed E-state index contributed by atoms with van der Waals surface area (Å²) in [6.45, 7) is 0. The Morgan fingerprint density at radius 3 is 1.39 bits per heavy atom. The van der Waals surface area contributed by atoms with Crippen molar-refractivity contribution in [3.8, 4) is 0 Å². The van der Waals surface area contributed by atoms with Crippen LogP contribution in [0.1, 0.15) is 27.8 Å². The van der Waals surface area contributed by atoms with E-state index in [-0.39, 0.29) is 5.82 Å². The van der Waals surface area contributed by atoms with Crippen LogP contribution in [0.2, 0.25) is 0 Å². The summed E-state index contributed by atoms with van der Waals surface area (Å²) in [6.07, 6.45) is 8.55. The molecule has 0 radical (unpaired) electrons. The van der Waals surface area contributed by atoms with Crippen LogP contribution in [0.5, 0.6) is 0 Å². The van der Waals surface area contributed by atoms with E-state index in [1.54, 1.807) is 0 Å². The highest BCUT2D eigenvalue weighted by molar-refractivity contribution is 5.84. The van der Waals surface area contributed by atoms with Crippen LogP contribution in [-0.2, 0) is 0 Å². The number of para-hydroxylation sites is 1. The molecule has 6 aromatic carbocycles. The van der Waals surface area contributed by atoms with Crippen LogP contribution in [0.25, 0.3) is 17.2 Å². The largest absolute Gasteiger partial charge is 0.317 e. The molecule has 0 spiro atoms. The van der Waals surface area contributed by atoms with Gasteiger partial charge in [0.2, 0.25) is 0 Å². The first-order valence-corrected chi connectivity index (χ1v) is 14.7. The second kappa shape index (κ2) is 14.0. The van der Waals surface area contributed by atoms with Crippen molar-refractivity contribution in [2.45, 2.75) is 0 Å². The second-order valence-corrected chi connectivity index (χ2v) is 10.4. The van der Waals surface area contributed by atoms with E-state index in [0.717, 1.165) is 33.6 Å². The Morgan fingerprint density at radius 1 is 0.432 bits per heavy atom. The third kappa shape index (κ3) is 7.00. The molecule has 0 atom stereocenters. The maximum Gasteiger partial charge on any atom is 0.123 e. The zero-order valence-electron chi connectivity index (χ0n) is 24.3. The number of allylic oxidation sites excluding steroid dienone is 2. The Labute approximate surface area is 259 Å². The Balaban J connectivity index is 1.35. The highest BCUT2D eigenvalue weighted by Crippen LogP contribution is 2.32. The molecule has 0 fully saturated rings. The molecule has 0 unspecified atom stereocenters. The fourth-order valence-corrected chi connectivity index (χ4v) is 5.17. The molecule has 44 heavy (non-hydrogen) atoms. The standard InChI is InChI=1S/C42H32FN/c43-38-28-26-37(27-29-38)42(36-19-9-3-10-20-36)32-44(39-21-11-4-12-22-39)40-30-24-33(25-31-40)14-13-23-41(34-15-5-1-6-16-34)35-17-7-2-8-18-35/h1-32H/b14-13+,42-32+. The van der Waals surface area contributed by atoms with Crippen molar-refractivity contribution >= 4 is 28.6 Å². The molecule has 0 bridgehead atoms. The number of benzene rings is 6. The molecule has 0 N–H and O–H groups in total. The van der Waals surface area contributed by atoms with Crippen LogP contribution in [-0.4, -0.2) is 0 Å². The number of nitrogens with zero attached hydrogens (tertiary/aromatic N) is 1. The molecule has 6 rings (SSSR count). The van der Waals surface area contributed by atoms with Crippen LogP contribution >= 0.6 is 0 Å². The predicted octanol–water partition coefficient (Wildman–Crippen LogP) is 11.2. The first kappa shape index (κ1) is 28.4. The molecule has 212 valence electrons. The van der Waals surface area contributed by atoms with Crippen LogP contribution in [0.3, 0.4) is 0 Å². The predicted molar refractivity (Wildman–Crippen MR) is 184 cm³/mol. The van der Waals surface area contributed by atoms with E-state index in [0.29, 0.717) is 0 Å². The van der Waals surface area contributed by atoms with Gasteiger partial charge in [0.15, 0.2) is 0 Å². The zero-order chi connectivity index (χ0) is 30.0. The van der Waals surface area contributed by atoms with Crippen LogP contribution in [0.15, 0.2) is 188 Å². The number of anilines is 2. The van der Waals surface area contributed by atoms with E-state index in [1.165, 1.54) is 28.8 Å². The Kier molecular flexibility index (Phi) is 9.01. The number of rotatable bonds is 9. The molecule has 6 aromatic rings. The number of hydrogen-bond acceptors (Lipinski definition) is 1. The fraction of sp³-hybridized carbons (Fsp3) is 0. The summed E-state index contributed by atoms with van der Waals surface area (Å²) < 4.78 is 13.8. The smallest absolute Gasteiger partial charge is 0.123 e. The van der Waals surface area contributed by atoms with E-state index < -0.39 is 0 Å². The van der Waals surface area contributed by atoms with Crippen LogP contribution in [0.4, 0.5) is 15.8 Å². The average Bonchev–Trinajstić information content (AvgIpc) is 3.10. The summed E-state index contributed by atoms with van der Waals surface area (Å²) in [5.41, 5.74) is 9.68. The van der Waals surface area contributed by atoms with Crippen molar-refractivity contribution in [2.24, 2.45) is 0 Å². The summed E-state index contributed by atoms with van der Waals surface area (Å²) in [5.74, 6) is -0.251.